The molecule has 0 radical (unpaired) electrons. The van der Waals surface area contributed by atoms with E-state index in [1.54, 1.807) is 0 Å². The van der Waals surface area contributed by atoms with Crippen molar-refractivity contribution in [3.8, 4) is 0 Å². The highest BCUT2D eigenvalue weighted by molar-refractivity contribution is 7.92. The third kappa shape index (κ3) is 5.25. The highest BCUT2D eigenvalue weighted by Crippen LogP contribution is 2.22. The van der Waals surface area contributed by atoms with E-state index in [9.17, 15) is 22.0 Å². The van der Waals surface area contributed by atoms with Gasteiger partial charge in [-0.3, -0.25) is 9.10 Å². The predicted molar refractivity (Wildman–Crippen MR) is 91.6 cm³/mol. The van der Waals surface area contributed by atoms with Crippen LogP contribution in [0.3, 0.4) is 0 Å². The summed E-state index contributed by atoms with van der Waals surface area (Å²) in [6.45, 7) is 1.52. The lowest BCUT2D eigenvalue weighted by Gasteiger charge is -2.22. The minimum Gasteiger partial charge on any atom is -0.350 e. The quantitative estimate of drug-likeness (QED) is 0.851. The number of aryl methyl sites for hydroxylation is 1. The lowest BCUT2D eigenvalue weighted by atomic mass is 10.1. The van der Waals surface area contributed by atoms with Gasteiger partial charge in [0.05, 0.1) is 11.9 Å². The molecule has 0 spiro atoms. The molecular weight excluding hydrogens is 350 g/mol. The number of sulfonamides is 1. The van der Waals surface area contributed by atoms with Crippen LogP contribution in [0, 0.1) is 18.6 Å². The van der Waals surface area contributed by atoms with Gasteiger partial charge in [-0.2, -0.15) is 0 Å². The zero-order valence-corrected chi connectivity index (χ0v) is 14.6. The van der Waals surface area contributed by atoms with Gasteiger partial charge in [-0.1, -0.05) is 29.8 Å². The maximum absolute atomic E-state index is 13.9. The molecule has 0 aliphatic rings. The van der Waals surface area contributed by atoms with Crippen LogP contribution in [0.25, 0.3) is 0 Å². The Morgan fingerprint density at radius 3 is 2.48 bits per heavy atom. The summed E-state index contributed by atoms with van der Waals surface area (Å²) in [5.74, 6) is -2.49. The standard InChI is InChI=1S/C17H18F2N2O3S/c1-12-4-3-5-13(8-12)10-20-17(22)11-21(25(2,23)24)16-7-6-14(18)9-15(16)19/h3-9H,10-11H2,1-2H3,(H,20,22). The molecule has 0 atom stereocenters. The van der Waals surface area contributed by atoms with E-state index in [1.807, 2.05) is 31.2 Å². The van der Waals surface area contributed by atoms with Gasteiger partial charge in [0.2, 0.25) is 15.9 Å². The van der Waals surface area contributed by atoms with E-state index in [2.05, 4.69) is 5.32 Å². The number of hydrogen-bond acceptors (Lipinski definition) is 3. The van der Waals surface area contributed by atoms with Crippen LogP contribution in [-0.2, 0) is 21.4 Å². The molecule has 0 saturated heterocycles. The molecule has 2 aromatic carbocycles. The van der Waals surface area contributed by atoms with Crippen molar-refractivity contribution in [3.63, 3.8) is 0 Å². The number of benzene rings is 2. The zero-order chi connectivity index (χ0) is 18.6. The van der Waals surface area contributed by atoms with E-state index < -0.39 is 34.1 Å². The molecule has 0 fully saturated rings. The summed E-state index contributed by atoms with van der Waals surface area (Å²) in [6, 6.07) is 9.94. The Hall–Kier alpha value is -2.48. The average Bonchev–Trinajstić information content (AvgIpc) is 2.50. The predicted octanol–water partition coefficient (Wildman–Crippen LogP) is 2.36. The van der Waals surface area contributed by atoms with Gasteiger partial charge in [-0.15, -0.1) is 0 Å². The maximum Gasteiger partial charge on any atom is 0.241 e. The molecule has 8 heteroatoms. The van der Waals surface area contributed by atoms with Crippen LogP contribution in [0.2, 0.25) is 0 Å². The van der Waals surface area contributed by atoms with E-state index >= 15 is 0 Å². The molecule has 0 aromatic heterocycles. The third-order valence-corrected chi connectivity index (χ3v) is 4.56. The SMILES string of the molecule is Cc1cccc(CNC(=O)CN(c2ccc(F)cc2F)S(C)(=O)=O)c1. The molecule has 1 amide bonds. The lowest BCUT2D eigenvalue weighted by Crippen LogP contribution is -2.40. The summed E-state index contributed by atoms with van der Waals surface area (Å²) in [6.07, 6.45) is 0.851. The summed E-state index contributed by atoms with van der Waals surface area (Å²) in [4.78, 5) is 12.1. The second-order valence-corrected chi connectivity index (χ2v) is 7.54. The van der Waals surface area contributed by atoms with Crippen LogP contribution in [0.15, 0.2) is 42.5 Å². The topological polar surface area (TPSA) is 66.5 Å². The number of halogens is 2. The Kier molecular flexibility index (Phi) is 5.73. The third-order valence-electron chi connectivity index (χ3n) is 3.44. The van der Waals surface area contributed by atoms with Crippen LogP contribution in [0.4, 0.5) is 14.5 Å². The normalized spacial score (nSPS) is 11.2. The number of carbonyl (C=O) groups is 1. The largest absolute Gasteiger partial charge is 0.350 e. The van der Waals surface area contributed by atoms with Crippen molar-refractivity contribution < 1.29 is 22.0 Å². The van der Waals surface area contributed by atoms with Gasteiger partial charge in [-0.25, -0.2) is 17.2 Å². The molecule has 134 valence electrons. The molecule has 25 heavy (non-hydrogen) atoms. The van der Waals surface area contributed by atoms with Gasteiger partial charge < -0.3 is 5.32 Å². The van der Waals surface area contributed by atoms with Gasteiger partial charge in [0.25, 0.3) is 0 Å². The first-order chi connectivity index (χ1) is 11.7. The Morgan fingerprint density at radius 1 is 1.16 bits per heavy atom. The van der Waals surface area contributed by atoms with Gasteiger partial charge in [0, 0.05) is 12.6 Å². The van der Waals surface area contributed by atoms with Crippen LogP contribution in [0.5, 0.6) is 0 Å². The number of nitrogens with one attached hydrogen (secondary N) is 1. The Morgan fingerprint density at radius 2 is 1.88 bits per heavy atom. The Bertz CT molecular complexity index is 885. The number of rotatable bonds is 6. The molecule has 2 aromatic rings. The number of carbonyl (C=O) groups excluding carboxylic acids is 1. The number of nitrogens with zero attached hydrogens (tertiary/aromatic N) is 1. The smallest absolute Gasteiger partial charge is 0.241 e. The maximum atomic E-state index is 13.9. The minimum atomic E-state index is -3.93. The second kappa shape index (κ2) is 7.60. The van der Waals surface area contributed by atoms with Gasteiger partial charge in [0.15, 0.2) is 0 Å². The molecule has 0 unspecified atom stereocenters. The summed E-state index contributed by atoms with van der Waals surface area (Å²) in [7, 11) is -3.93. The van der Waals surface area contributed by atoms with Crippen molar-refractivity contribution >= 4 is 21.6 Å². The van der Waals surface area contributed by atoms with Crippen molar-refractivity contribution in [1.29, 1.82) is 0 Å². The molecule has 0 saturated carbocycles. The highest BCUT2D eigenvalue weighted by atomic mass is 32.2. The minimum absolute atomic E-state index is 0.212. The van der Waals surface area contributed by atoms with Crippen LogP contribution >= 0.6 is 0 Å². The fourth-order valence-electron chi connectivity index (χ4n) is 2.27. The van der Waals surface area contributed by atoms with Gasteiger partial charge >= 0.3 is 0 Å². The van der Waals surface area contributed by atoms with Crippen molar-refractivity contribution in [2.45, 2.75) is 13.5 Å². The number of anilines is 1. The molecular formula is C17H18F2N2O3S. The molecule has 0 aliphatic heterocycles. The van der Waals surface area contributed by atoms with Crippen LogP contribution in [-0.4, -0.2) is 27.1 Å². The summed E-state index contributed by atoms with van der Waals surface area (Å²) in [5.41, 5.74) is 1.50. The first kappa shape index (κ1) is 18.9. The zero-order valence-electron chi connectivity index (χ0n) is 13.8. The first-order valence-corrected chi connectivity index (χ1v) is 9.26. The van der Waals surface area contributed by atoms with Gasteiger partial charge in [0.1, 0.15) is 18.2 Å². The fraction of sp³-hybridized carbons (Fsp3) is 0.235. The molecule has 5 nitrogen and oxygen atoms in total. The molecule has 0 heterocycles. The summed E-state index contributed by atoms with van der Waals surface area (Å²) >= 11 is 0. The molecule has 0 aliphatic carbocycles. The monoisotopic (exact) mass is 368 g/mol. The first-order valence-electron chi connectivity index (χ1n) is 7.42. The summed E-state index contributed by atoms with van der Waals surface area (Å²) in [5, 5.41) is 2.59. The van der Waals surface area contributed by atoms with E-state index in [0.29, 0.717) is 10.4 Å². The van der Waals surface area contributed by atoms with Crippen molar-refractivity contribution in [2.75, 3.05) is 17.1 Å². The summed E-state index contributed by atoms with van der Waals surface area (Å²) < 4.78 is 51.3. The molecule has 0 bridgehead atoms. The Balaban J connectivity index is 2.13. The van der Waals surface area contributed by atoms with E-state index in [1.165, 1.54) is 0 Å². The molecule has 1 N–H and O–H groups in total. The van der Waals surface area contributed by atoms with E-state index in [0.717, 1.165) is 29.5 Å². The average molecular weight is 368 g/mol. The van der Waals surface area contributed by atoms with Crippen LogP contribution in [0.1, 0.15) is 11.1 Å². The number of hydrogen-bond donors (Lipinski definition) is 1. The van der Waals surface area contributed by atoms with Crippen molar-refractivity contribution in [2.24, 2.45) is 0 Å². The van der Waals surface area contributed by atoms with Crippen molar-refractivity contribution in [3.05, 3.63) is 65.2 Å². The van der Waals surface area contributed by atoms with Gasteiger partial charge in [-0.05, 0) is 24.6 Å². The number of amides is 1. The Labute approximate surface area is 145 Å². The van der Waals surface area contributed by atoms with Crippen LogP contribution < -0.4 is 9.62 Å². The highest BCUT2D eigenvalue weighted by Gasteiger charge is 2.23. The molecule has 2 rings (SSSR count). The van der Waals surface area contributed by atoms with Crippen molar-refractivity contribution in [1.82, 2.24) is 5.32 Å². The second-order valence-electron chi connectivity index (χ2n) is 5.63. The fourth-order valence-corrected chi connectivity index (χ4v) is 3.13. The lowest BCUT2D eigenvalue weighted by molar-refractivity contribution is -0.119. The van der Waals surface area contributed by atoms with E-state index in [-0.39, 0.29) is 12.2 Å². The van der Waals surface area contributed by atoms with E-state index in [4.69, 9.17) is 0 Å².